The van der Waals surface area contributed by atoms with Gasteiger partial charge in [-0.05, 0) is 25.5 Å². The second kappa shape index (κ2) is 9.61. The first-order valence-corrected chi connectivity index (χ1v) is 12.1. The Kier molecular flexibility index (Phi) is 6.40. The Morgan fingerprint density at radius 3 is 2.85 bits per heavy atom. The molecule has 0 spiro atoms. The lowest BCUT2D eigenvalue weighted by atomic mass is 10.1. The summed E-state index contributed by atoms with van der Waals surface area (Å²) in [4.78, 5) is 50.2. The van der Waals surface area contributed by atoms with E-state index in [-0.39, 0.29) is 24.3 Å². The number of fused-ring (bicyclic) bond motifs is 1. The Bertz CT molecular complexity index is 1300. The molecule has 2 N–H and O–H groups in total. The van der Waals surface area contributed by atoms with Crippen molar-refractivity contribution >= 4 is 39.7 Å². The minimum absolute atomic E-state index is 0.192. The van der Waals surface area contributed by atoms with Crippen LogP contribution in [-0.2, 0) is 27.4 Å². The second-order valence-corrected chi connectivity index (χ2v) is 9.66. The summed E-state index contributed by atoms with van der Waals surface area (Å²) in [6.07, 6.45) is 2.37. The highest BCUT2D eigenvalue weighted by atomic mass is 32.1. The number of piperidine rings is 1. The molecule has 2 saturated heterocycles. The molecule has 5 rings (SSSR count). The van der Waals surface area contributed by atoms with Crippen molar-refractivity contribution in [1.29, 1.82) is 0 Å². The number of carbonyl (C=O) groups is 2. The number of imide groups is 1. The van der Waals surface area contributed by atoms with Crippen LogP contribution in [0.4, 0.5) is 5.69 Å². The average molecular weight is 483 g/mol. The summed E-state index contributed by atoms with van der Waals surface area (Å²) >= 11 is 1.64. The molecule has 1 atom stereocenters. The number of amides is 2. The molecule has 0 aliphatic carbocycles. The number of hydrogen-bond donors (Lipinski definition) is 2. The van der Waals surface area contributed by atoms with E-state index in [2.05, 4.69) is 25.5 Å². The van der Waals surface area contributed by atoms with Gasteiger partial charge in [-0.25, -0.2) is 9.97 Å². The number of carbonyl (C=O) groups excluding carboxylic acids is 2. The number of thiazole rings is 1. The molecule has 1 unspecified atom stereocenters. The lowest BCUT2D eigenvalue weighted by Gasteiger charge is -2.25. The van der Waals surface area contributed by atoms with Gasteiger partial charge in [0.15, 0.2) is 0 Å². The molecule has 3 aromatic rings. The number of hydrogen-bond acceptors (Lipinski definition) is 9. The number of aryl methyl sites for hydroxylation is 1. The van der Waals surface area contributed by atoms with Crippen molar-refractivity contribution in [3.63, 3.8) is 0 Å². The molecule has 10 nitrogen and oxygen atoms in total. The van der Waals surface area contributed by atoms with Crippen molar-refractivity contribution in [1.82, 2.24) is 24.8 Å². The quantitative estimate of drug-likeness (QED) is 0.509. The molecule has 2 amide bonds. The van der Waals surface area contributed by atoms with Gasteiger partial charge in [0.25, 0.3) is 5.56 Å². The number of nitrogens with one attached hydrogen (secondary N) is 2. The van der Waals surface area contributed by atoms with Gasteiger partial charge in [0, 0.05) is 42.8 Å². The summed E-state index contributed by atoms with van der Waals surface area (Å²) in [5.41, 5.74) is 0.899. The molecule has 2 aromatic heterocycles. The van der Waals surface area contributed by atoms with Crippen LogP contribution < -0.4 is 16.2 Å². The predicted molar refractivity (Wildman–Crippen MR) is 128 cm³/mol. The molecule has 0 bridgehead atoms. The van der Waals surface area contributed by atoms with Gasteiger partial charge in [0.05, 0.1) is 30.7 Å². The van der Waals surface area contributed by atoms with Crippen molar-refractivity contribution in [2.24, 2.45) is 0 Å². The molecule has 4 heterocycles. The van der Waals surface area contributed by atoms with Crippen molar-refractivity contribution in [2.75, 3.05) is 31.6 Å². The number of aromatic nitrogens is 3. The molecule has 34 heavy (non-hydrogen) atoms. The first-order valence-electron chi connectivity index (χ1n) is 11.3. The van der Waals surface area contributed by atoms with Crippen LogP contribution in [0.3, 0.4) is 0 Å². The monoisotopic (exact) mass is 482 g/mol. The van der Waals surface area contributed by atoms with Crippen LogP contribution in [0.25, 0.3) is 10.9 Å². The van der Waals surface area contributed by atoms with Crippen molar-refractivity contribution in [3.8, 4) is 0 Å². The van der Waals surface area contributed by atoms with Crippen LogP contribution in [-0.4, -0.2) is 57.6 Å². The van der Waals surface area contributed by atoms with Crippen LogP contribution >= 0.6 is 11.3 Å². The van der Waals surface area contributed by atoms with Gasteiger partial charge in [0.2, 0.25) is 11.8 Å². The highest BCUT2D eigenvalue weighted by molar-refractivity contribution is 7.11. The number of benzene rings is 1. The van der Waals surface area contributed by atoms with Crippen molar-refractivity contribution in [3.05, 3.63) is 50.5 Å². The van der Waals surface area contributed by atoms with Gasteiger partial charge < -0.3 is 10.1 Å². The number of nitrogens with zero attached hydrogens (tertiary/aromatic N) is 4. The summed E-state index contributed by atoms with van der Waals surface area (Å²) < 4.78 is 6.81. The molecule has 1 aromatic carbocycles. The predicted octanol–water partition coefficient (Wildman–Crippen LogP) is 1.58. The third kappa shape index (κ3) is 4.59. The van der Waals surface area contributed by atoms with Crippen LogP contribution in [0.2, 0.25) is 0 Å². The third-order valence-corrected chi connectivity index (χ3v) is 7.12. The maximum absolute atomic E-state index is 13.5. The molecule has 0 radical (unpaired) electrons. The zero-order valence-electron chi connectivity index (χ0n) is 18.9. The Balaban J connectivity index is 1.38. The van der Waals surface area contributed by atoms with Crippen LogP contribution in [0.15, 0.2) is 29.2 Å². The smallest absolute Gasteiger partial charge is 0.264 e. The first kappa shape index (κ1) is 22.6. The fourth-order valence-corrected chi connectivity index (χ4v) is 5.35. The van der Waals surface area contributed by atoms with E-state index in [1.54, 1.807) is 24.3 Å². The van der Waals surface area contributed by atoms with E-state index in [0.717, 1.165) is 37.9 Å². The zero-order valence-corrected chi connectivity index (χ0v) is 19.7. The highest BCUT2D eigenvalue weighted by Gasteiger charge is 2.30. The van der Waals surface area contributed by atoms with E-state index >= 15 is 0 Å². The minimum Gasteiger partial charge on any atom is -0.379 e. The maximum atomic E-state index is 13.5. The third-order valence-electron chi connectivity index (χ3n) is 6.14. The summed E-state index contributed by atoms with van der Waals surface area (Å²) in [5.74, 6) is -0.347. The minimum atomic E-state index is -0.753. The zero-order chi connectivity index (χ0) is 23.7. The van der Waals surface area contributed by atoms with E-state index in [4.69, 9.17) is 4.74 Å². The summed E-state index contributed by atoms with van der Waals surface area (Å²) in [7, 11) is 0. The summed E-state index contributed by atoms with van der Waals surface area (Å²) in [6, 6.07) is 4.71. The fourth-order valence-electron chi connectivity index (χ4n) is 4.45. The molecular formula is C23H26N6O4S. The first-order chi connectivity index (χ1) is 16.5. The maximum Gasteiger partial charge on any atom is 0.264 e. The Morgan fingerprint density at radius 1 is 1.24 bits per heavy atom. The van der Waals surface area contributed by atoms with Crippen LogP contribution in [0.5, 0.6) is 0 Å². The summed E-state index contributed by atoms with van der Waals surface area (Å²) in [5, 5.41) is 7.00. The van der Waals surface area contributed by atoms with Gasteiger partial charge >= 0.3 is 0 Å². The van der Waals surface area contributed by atoms with Crippen LogP contribution in [0.1, 0.15) is 34.6 Å². The standard InChI is InChI=1S/C23H26N6O4S/c1-14-26-17-4-2-3-16(21(17)23(32)29(14)18-5-6-19(30)27-22(18)31)24-12-20-25-11-15(34-20)13-28-7-9-33-10-8-28/h2-4,11,18,24H,5-10,12-13H2,1H3,(H,27,30,31). The molecule has 2 fully saturated rings. The van der Waals surface area contributed by atoms with E-state index in [0.29, 0.717) is 29.0 Å². The number of morpholine rings is 1. The number of ether oxygens (including phenoxy) is 1. The molecule has 0 saturated carbocycles. The Labute approximate surface area is 200 Å². The van der Waals surface area contributed by atoms with Crippen molar-refractivity contribution < 1.29 is 14.3 Å². The molecule has 11 heteroatoms. The normalized spacial score (nSPS) is 19.4. The molecule has 2 aliphatic heterocycles. The number of anilines is 1. The SMILES string of the molecule is Cc1nc2cccc(NCc3ncc(CN4CCOCC4)s3)c2c(=O)n1C1CCC(=O)NC1=O. The molecular weight excluding hydrogens is 456 g/mol. The van der Waals surface area contributed by atoms with Crippen LogP contribution in [0, 0.1) is 6.92 Å². The topological polar surface area (TPSA) is 118 Å². The summed E-state index contributed by atoms with van der Waals surface area (Å²) in [6.45, 7) is 6.40. The lowest BCUT2D eigenvalue weighted by Crippen LogP contribution is -2.45. The van der Waals surface area contributed by atoms with Gasteiger partial charge in [-0.3, -0.25) is 29.2 Å². The van der Waals surface area contributed by atoms with E-state index in [1.165, 1.54) is 9.44 Å². The molecule has 2 aliphatic rings. The number of rotatable bonds is 6. The van der Waals surface area contributed by atoms with Gasteiger partial charge in [-0.2, -0.15) is 0 Å². The molecule has 178 valence electrons. The lowest BCUT2D eigenvalue weighted by molar-refractivity contribution is -0.135. The fraction of sp³-hybridized carbons (Fsp3) is 0.435. The Morgan fingerprint density at radius 2 is 2.06 bits per heavy atom. The van der Waals surface area contributed by atoms with Crippen molar-refractivity contribution in [2.45, 2.75) is 38.9 Å². The van der Waals surface area contributed by atoms with E-state index in [1.807, 2.05) is 18.3 Å². The average Bonchev–Trinajstić information content (AvgIpc) is 3.26. The van der Waals surface area contributed by atoms with Gasteiger partial charge in [-0.1, -0.05) is 6.07 Å². The Hall–Kier alpha value is -3.15. The largest absolute Gasteiger partial charge is 0.379 e. The van der Waals surface area contributed by atoms with Gasteiger partial charge in [-0.15, -0.1) is 11.3 Å². The second-order valence-electron chi connectivity index (χ2n) is 8.46. The van der Waals surface area contributed by atoms with Gasteiger partial charge in [0.1, 0.15) is 16.9 Å². The van der Waals surface area contributed by atoms with E-state index < -0.39 is 11.9 Å². The highest BCUT2D eigenvalue weighted by Crippen LogP contribution is 2.24. The van der Waals surface area contributed by atoms with E-state index in [9.17, 15) is 14.4 Å².